The Hall–Kier alpha value is -2.67. The van der Waals surface area contributed by atoms with Gasteiger partial charge in [0.25, 0.3) is 0 Å². The second kappa shape index (κ2) is 8.43. The summed E-state index contributed by atoms with van der Waals surface area (Å²) in [5, 5.41) is 7.27. The van der Waals surface area contributed by atoms with Crippen molar-refractivity contribution in [2.24, 2.45) is 0 Å². The molecule has 0 spiro atoms. The van der Waals surface area contributed by atoms with Crippen molar-refractivity contribution in [3.8, 4) is 11.5 Å². The summed E-state index contributed by atoms with van der Waals surface area (Å²) in [6, 6.07) is 17.3. The fraction of sp³-hybridized carbons (Fsp3) is 0.222. The first-order valence-electron chi connectivity index (χ1n) is 7.85. The summed E-state index contributed by atoms with van der Waals surface area (Å²) < 4.78 is 12.4. The number of hydrogen-bond donors (Lipinski definition) is 1. The van der Waals surface area contributed by atoms with Crippen LogP contribution < -0.4 is 15.2 Å². The van der Waals surface area contributed by atoms with Crippen LogP contribution in [0.1, 0.15) is 5.56 Å². The third-order valence-electron chi connectivity index (χ3n) is 3.55. The molecule has 0 amide bonds. The van der Waals surface area contributed by atoms with Gasteiger partial charge in [0, 0.05) is 5.75 Å². The lowest BCUT2D eigenvalue weighted by atomic mass is 10.2. The fourth-order valence-corrected chi connectivity index (χ4v) is 3.05. The van der Waals surface area contributed by atoms with E-state index in [1.165, 1.54) is 11.8 Å². The molecule has 0 fully saturated rings. The molecule has 1 aromatic heterocycles. The third-order valence-corrected chi connectivity index (χ3v) is 4.49. The molecule has 0 saturated heterocycles. The van der Waals surface area contributed by atoms with Crippen LogP contribution in [0.3, 0.4) is 0 Å². The van der Waals surface area contributed by atoms with E-state index in [9.17, 15) is 4.79 Å². The lowest BCUT2D eigenvalue weighted by molar-refractivity contribution is 0.342. The van der Waals surface area contributed by atoms with Crippen molar-refractivity contribution in [3.05, 3.63) is 70.6 Å². The van der Waals surface area contributed by atoms with Crippen molar-refractivity contribution in [1.82, 2.24) is 14.8 Å². The van der Waals surface area contributed by atoms with Crippen molar-refractivity contribution in [3.63, 3.8) is 0 Å². The van der Waals surface area contributed by atoms with Gasteiger partial charge in [-0.15, -0.1) is 5.10 Å². The fourth-order valence-electron chi connectivity index (χ4n) is 2.28. The number of methoxy groups -OCH3 is 1. The molecule has 6 nitrogen and oxygen atoms in total. The van der Waals surface area contributed by atoms with E-state index in [1.54, 1.807) is 11.7 Å². The van der Waals surface area contributed by atoms with Crippen LogP contribution in [0.25, 0.3) is 0 Å². The molecular weight excluding hydrogens is 338 g/mol. The zero-order chi connectivity index (χ0) is 17.5. The van der Waals surface area contributed by atoms with Crippen molar-refractivity contribution in [1.29, 1.82) is 0 Å². The van der Waals surface area contributed by atoms with Crippen LogP contribution in [0.2, 0.25) is 0 Å². The van der Waals surface area contributed by atoms with E-state index in [1.807, 2.05) is 54.6 Å². The van der Waals surface area contributed by atoms with E-state index >= 15 is 0 Å². The molecule has 3 aromatic rings. The first-order chi connectivity index (χ1) is 12.3. The van der Waals surface area contributed by atoms with E-state index in [-0.39, 0.29) is 5.69 Å². The summed E-state index contributed by atoms with van der Waals surface area (Å²) in [5.74, 6) is 2.26. The molecule has 1 heterocycles. The second-order valence-electron chi connectivity index (χ2n) is 5.26. The SMILES string of the molecule is COc1ccc(OCCSc2n[nH]c(=O)n2Cc2ccccc2)cc1. The molecule has 3 rings (SSSR count). The topological polar surface area (TPSA) is 69.1 Å². The van der Waals surface area contributed by atoms with E-state index < -0.39 is 0 Å². The van der Waals surface area contributed by atoms with Crippen molar-refractivity contribution in [2.75, 3.05) is 19.5 Å². The molecule has 2 aromatic carbocycles. The largest absolute Gasteiger partial charge is 0.497 e. The number of thioether (sulfide) groups is 1. The average molecular weight is 357 g/mol. The standard InChI is InChI=1S/C18H19N3O3S/c1-23-15-7-9-16(10-8-15)24-11-12-25-18-20-19-17(22)21(18)13-14-5-3-2-4-6-14/h2-10H,11-13H2,1H3,(H,19,22). The highest BCUT2D eigenvalue weighted by molar-refractivity contribution is 7.99. The number of aromatic nitrogens is 3. The van der Waals surface area contributed by atoms with E-state index in [0.717, 1.165) is 17.1 Å². The molecule has 0 radical (unpaired) electrons. The van der Waals surface area contributed by atoms with Gasteiger partial charge in [0.2, 0.25) is 0 Å². The van der Waals surface area contributed by atoms with Gasteiger partial charge in [-0.3, -0.25) is 4.57 Å². The number of nitrogens with zero attached hydrogens (tertiary/aromatic N) is 2. The van der Waals surface area contributed by atoms with Gasteiger partial charge in [0.1, 0.15) is 11.5 Å². The molecule has 1 N–H and O–H groups in total. The number of nitrogens with one attached hydrogen (secondary N) is 1. The molecular formula is C18H19N3O3S. The van der Waals surface area contributed by atoms with Crippen molar-refractivity contribution >= 4 is 11.8 Å². The minimum absolute atomic E-state index is 0.206. The van der Waals surface area contributed by atoms with Crippen LogP contribution in [-0.2, 0) is 6.54 Å². The minimum Gasteiger partial charge on any atom is -0.497 e. The van der Waals surface area contributed by atoms with Gasteiger partial charge in [0.15, 0.2) is 5.16 Å². The summed E-state index contributed by atoms with van der Waals surface area (Å²) in [7, 11) is 1.63. The second-order valence-corrected chi connectivity index (χ2v) is 6.32. The molecule has 0 aliphatic carbocycles. The van der Waals surface area contributed by atoms with Crippen molar-refractivity contribution < 1.29 is 9.47 Å². The summed E-state index contributed by atoms with van der Waals surface area (Å²) in [4.78, 5) is 11.9. The van der Waals surface area contributed by atoms with E-state index in [4.69, 9.17) is 9.47 Å². The molecule has 0 aliphatic rings. The number of rotatable bonds is 8. The summed E-state index contributed by atoms with van der Waals surface area (Å²) in [5.41, 5.74) is 0.852. The van der Waals surface area contributed by atoms with Gasteiger partial charge < -0.3 is 9.47 Å². The Morgan fingerprint density at radius 3 is 2.52 bits per heavy atom. The molecule has 0 aliphatic heterocycles. The first kappa shape index (κ1) is 17.2. The quantitative estimate of drug-likeness (QED) is 0.496. The minimum atomic E-state index is -0.206. The highest BCUT2D eigenvalue weighted by Gasteiger charge is 2.09. The van der Waals surface area contributed by atoms with Crippen LogP contribution in [-0.4, -0.2) is 34.2 Å². The monoisotopic (exact) mass is 357 g/mol. The van der Waals surface area contributed by atoms with Gasteiger partial charge in [-0.05, 0) is 29.8 Å². The molecule has 7 heteroatoms. The smallest absolute Gasteiger partial charge is 0.344 e. The number of aromatic amines is 1. The van der Waals surface area contributed by atoms with E-state index in [0.29, 0.717) is 24.1 Å². The predicted molar refractivity (Wildman–Crippen MR) is 97.6 cm³/mol. The first-order valence-corrected chi connectivity index (χ1v) is 8.83. The van der Waals surface area contributed by atoms with Crippen LogP contribution in [0, 0.1) is 0 Å². The van der Waals surface area contributed by atoms with Gasteiger partial charge in [0.05, 0.1) is 20.3 Å². The Morgan fingerprint density at radius 2 is 1.80 bits per heavy atom. The Balaban J connectivity index is 1.54. The Labute approximate surface area is 149 Å². The highest BCUT2D eigenvalue weighted by atomic mass is 32.2. The van der Waals surface area contributed by atoms with Gasteiger partial charge in [-0.25, -0.2) is 9.89 Å². The van der Waals surface area contributed by atoms with Crippen LogP contribution in [0.5, 0.6) is 11.5 Å². The lowest BCUT2D eigenvalue weighted by Crippen LogP contribution is -2.18. The number of H-pyrrole nitrogens is 1. The number of benzene rings is 2. The Morgan fingerprint density at radius 1 is 1.08 bits per heavy atom. The maximum atomic E-state index is 11.9. The Kier molecular flexibility index (Phi) is 5.79. The number of hydrogen-bond acceptors (Lipinski definition) is 5. The highest BCUT2D eigenvalue weighted by Crippen LogP contribution is 2.18. The van der Waals surface area contributed by atoms with Crippen LogP contribution in [0.4, 0.5) is 0 Å². The van der Waals surface area contributed by atoms with Crippen molar-refractivity contribution in [2.45, 2.75) is 11.7 Å². The van der Waals surface area contributed by atoms with Crippen LogP contribution >= 0.6 is 11.8 Å². The predicted octanol–water partition coefficient (Wildman–Crippen LogP) is 2.80. The molecule has 0 bridgehead atoms. The summed E-state index contributed by atoms with van der Waals surface area (Å²) in [6.07, 6.45) is 0. The van der Waals surface area contributed by atoms with Gasteiger partial charge in [-0.1, -0.05) is 42.1 Å². The van der Waals surface area contributed by atoms with Gasteiger partial charge >= 0.3 is 5.69 Å². The molecule has 130 valence electrons. The van der Waals surface area contributed by atoms with Gasteiger partial charge in [-0.2, -0.15) is 0 Å². The molecule has 0 saturated carbocycles. The van der Waals surface area contributed by atoms with E-state index in [2.05, 4.69) is 10.2 Å². The molecule has 25 heavy (non-hydrogen) atoms. The summed E-state index contributed by atoms with van der Waals surface area (Å²) in [6.45, 7) is 1.02. The molecule has 0 unspecified atom stereocenters. The normalized spacial score (nSPS) is 10.6. The average Bonchev–Trinajstić information content (AvgIpc) is 3.00. The zero-order valence-corrected chi connectivity index (χ0v) is 14.7. The zero-order valence-electron chi connectivity index (χ0n) is 13.8. The Bertz CT molecular complexity index is 844. The molecule has 0 atom stereocenters. The maximum Gasteiger partial charge on any atom is 0.344 e. The number of ether oxygens (including phenoxy) is 2. The van der Waals surface area contributed by atoms with Crippen LogP contribution in [0.15, 0.2) is 64.5 Å². The lowest BCUT2D eigenvalue weighted by Gasteiger charge is -2.08. The maximum absolute atomic E-state index is 11.9. The third kappa shape index (κ3) is 4.67. The summed E-state index contributed by atoms with van der Waals surface area (Å²) >= 11 is 1.48.